The van der Waals surface area contributed by atoms with Crippen molar-refractivity contribution >= 4 is 5.95 Å². The third-order valence-corrected chi connectivity index (χ3v) is 2.09. The molecule has 0 aliphatic rings. The van der Waals surface area contributed by atoms with Gasteiger partial charge in [-0.15, -0.1) is 0 Å². The summed E-state index contributed by atoms with van der Waals surface area (Å²) in [6, 6.07) is 4.95. The van der Waals surface area contributed by atoms with Crippen molar-refractivity contribution in [1.82, 2.24) is 9.97 Å². The lowest BCUT2D eigenvalue weighted by Crippen LogP contribution is -1.87. The number of nitrogens with zero attached hydrogens (tertiary/aromatic N) is 1. The standard InChI is InChI=1S/C10H11N3O2/c1-15-6-2-3-9(14)7(4-6)8-5-12-10(11)13-8/h2-5,14H,1H3,(H3,11,12,13). The zero-order chi connectivity index (χ0) is 10.8. The van der Waals surface area contributed by atoms with Crippen LogP contribution in [0.4, 0.5) is 5.95 Å². The molecule has 4 N–H and O–H groups in total. The first kappa shape index (κ1) is 9.39. The topological polar surface area (TPSA) is 84.2 Å². The fourth-order valence-electron chi connectivity index (χ4n) is 1.33. The molecule has 0 aliphatic heterocycles. The number of phenols is 1. The van der Waals surface area contributed by atoms with E-state index in [1.54, 1.807) is 31.5 Å². The van der Waals surface area contributed by atoms with E-state index in [4.69, 9.17) is 10.5 Å². The molecule has 2 rings (SSSR count). The van der Waals surface area contributed by atoms with E-state index in [9.17, 15) is 5.11 Å². The van der Waals surface area contributed by atoms with E-state index in [0.29, 0.717) is 23.0 Å². The van der Waals surface area contributed by atoms with Crippen LogP contribution in [-0.4, -0.2) is 22.2 Å². The zero-order valence-electron chi connectivity index (χ0n) is 8.19. The fraction of sp³-hybridized carbons (Fsp3) is 0.100. The van der Waals surface area contributed by atoms with Crippen LogP contribution in [0.15, 0.2) is 24.4 Å². The Morgan fingerprint density at radius 2 is 2.27 bits per heavy atom. The van der Waals surface area contributed by atoms with Gasteiger partial charge in [-0.05, 0) is 18.2 Å². The summed E-state index contributed by atoms with van der Waals surface area (Å²) in [5.74, 6) is 1.13. The summed E-state index contributed by atoms with van der Waals surface area (Å²) >= 11 is 0. The molecule has 1 aromatic carbocycles. The molecule has 2 aromatic rings. The average Bonchev–Trinajstić information content (AvgIpc) is 2.65. The minimum absolute atomic E-state index is 0.152. The predicted octanol–water partition coefficient (Wildman–Crippen LogP) is 1.37. The summed E-state index contributed by atoms with van der Waals surface area (Å²) in [6.07, 6.45) is 1.56. The monoisotopic (exact) mass is 205 g/mol. The Kier molecular flexibility index (Phi) is 2.21. The Morgan fingerprint density at radius 3 is 2.87 bits per heavy atom. The molecule has 0 saturated carbocycles. The molecule has 1 aromatic heterocycles. The SMILES string of the molecule is COc1ccc(O)c(-c2cnc(N)[nH]2)c1. The van der Waals surface area contributed by atoms with Crippen LogP contribution in [0.1, 0.15) is 0 Å². The zero-order valence-corrected chi connectivity index (χ0v) is 8.19. The largest absolute Gasteiger partial charge is 0.507 e. The Balaban J connectivity index is 2.51. The van der Waals surface area contributed by atoms with Gasteiger partial charge in [0.05, 0.1) is 19.0 Å². The van der Waals surface area contributed by atoms with Crippen molar-refractivity contribution in [3.8, 4) is 22.8 Å². The molecule has 0 unspecified atom stereocenters. The molecule has 0 saturated heterocycles. The first-order valence-electron chi connectivity index (χ1n) is 4.38. The molecule has 0 bridgehead atoms. The van der Waals surface area contributed by atoms with Crippen LogP contribution in [-0.2, 0) is 0 Å². The number of nitrogens with two attached hydrogens (primary N) is 1. The number of aromatic amines is 1. The third-order valence-electron chi connectivity index (χ3n) is 2.09. The molecule has 0 spiro atoms. The highest BCUT2D eigenvalue weighted by molar-refractivity contribution is 5.69. The minimum atomic E-state index is 0.152. The maximum absolute atomic E-state index is 9.65. The van der Waals surface area contributed by atoms with Crippen LogP contribution < -0.4 is 10.5 Å². The molecular weight excluding hydrogens is 194 g/mol. The molecule has 0 aliphatic carbocycles. The van der Waals surface area contributed by atoms with Crippen molar-refractivity contribution in [2.75, 3.05) is 12.8 Å². The maximum atomic E-state index is 9.65. The van der Waals surface area contributed by atoms with Crippen molar-refractivity contribution in [1.29, 1.82) is 0 Å². The quantitative estimate of drug-likeness (QED) is 0.691. The first-order valence-corrected chi connectivity index (χ1v) is 4.38. The lowest BCUT2D eigenvalue weighted by Gasteiger charge is -2.04. The second-order valence-corrected chi connectivity index (χ2v) is 3.07. The molecule has 15 heavy (non-hydrogen) atoms. The van der Waals surface area contributed by atoms with E-state index in [1.165, 1.54) is 0 Å². The van der Waals surface area contributed by atoms with Crippen LogP contribution >= 0.6 is 0 Å². The van der Waals surface area contributed by atoms with Crippen molar-refractivity contribution in [2.45, 2.75) is 0 Å². The normalized spacial score (nSPS) is 10.2. The number of imidazole rings is 1. The van der Waals surface area contributed by atoms with E-state index in [1.807, 2.05) is 0 Å². The van der Waals surface area contributed by atoms with E-state index in [0.717, 1.165) is 0 Å². The van der Waals surface area contributed by atoms with Gasteiger partial charge >= 0.3 is 0 Å². The summed E-state index contributed by atoms with van der Waals surface area (Å²) < 4.78 is 5.06. The average molecular weight is 205 g/mol. The molecule has 5 heteroatoms. The molecule has 78 valence electrons. The number of aromatic nitrogens is 2. The number of methoxy groups -OCH3 is 1. The van der Waals surface area contributed by atoms with Gasteiger partial charge in [0, 0.05) is 5.56 Å². The number of H-pyrrole nitrogens is 1. The molecule has 0 fully saturated rings. The number of hydrogen-bond acceptors (Lipinski definition) is 4. The van der Waals surface area contributed by atoms with Crippen LogP contribution in [0.25, 0.3) is 11.3 Å². The van der Waals surface area contributed by atoms with E-state index in [-0.39, 0.29) is 5.75 Å². The third kappa shape index (κ3) is 1.71. The van der Waals surface area contributed by atoms with Gasteiger partial charge in [0.25, 0.3) is 0 Å². The van der Waals surface area contributed by atoms with Crippen molar-refractivity contribution in [2.24, 2.45) is 0 Å². The van der Waals surface area contributed by atoms with Crippen LogP contribution in [0.3, 0.4) is 0 Å². The second-order valence-electron chi connectivity index (χ2n) is 3.07. The van der Waals surface area contributed by atoms with Crippen molar-refractivity contribution < 1.29 is 9.84 Å². The van der Waals surface area contributed by atoms with Gasteiger partial charge in [-0.1, -0.05) is 0 Å². The van der Waals surface area contributed by atoms with Gasteiger partial charge in [-0.3, -0.25) is 0 Å². The number of anilines is 1. The summed E-state index contributed by atoms with van der Waals surface area (Å²) in [4.78, 5) is 6.70. The Morgan fingerprint density at radius 1 is 1.47 bits per heavy atom. The lowest BCUT2D eigenvalue weighted by molar-refractivity contribution is 0.412. The Bertz CT molecular complexity index is 479. The van der Waals surface area contributed by atoms with Gasteiger partial charge in [-0.2, -0.15) is 0 Å². The maximum Gasteiger partial charge on any atom is 0.197 e. The minimum Gasteiger partial charge on any atom is -0.507 e. The first-order chi connectivity index (χ1) is 7.20. The second kappa shape index (κ2) is 3.53. The van der Waals surface area contributed by atoms with Gasteiger partial charge in [0.1, 0.15) is 11.5 Å². The number of hydrogen-bond donors (Lipinski definition) is 3. The smallest absolute Gasteiger partial charge is 0.197 e. The number of rotatable bonds is 2. The van der Waals surface area contributed by atoms with Crippen molar-refractivity contribution in [3.05, 3.63) is 24.4 Å². The molecule has 0 atom stereocenters. The molecule has 1 heterocycles. The Hall–Kier alpha value is -2.17. The van der Waals surface area contributed by atoms with Gasteiger partial charge < -0.3 is 20.6 Å². The number of nitrogens with one attached hydrogen (secondary N) is 1. The van der Waals surface area contributed by atoms with Crippen LogP contribution in [0.5, 0.6) is 11.5 Å². The molecule has 5 nitrogen and oxygen atoms in total. The highest BCUT2D eigenvalue weighted by atomic mass is 16.5. The fourth-order valence-corrected chi connectivity index (χ4v) is 1.33. The van der Waals surface area contributed by atoms with Crippen molar-refractivity contribution in [3.63, 3.8) is 0 Å². The number of aromatic hydroxyl groups is 1. The summed E-state index contributed by atoms with van der Waals surface area (Å²) in [6.45, 7) is 0. The lowest BCUT2D eigenvalue weighted by atomic mass is 10.1. The van der Waals surface area contributed by atoms with E-state index in [2.05, 4.69) is 9.97 Å². The number of ether oxygens (including phenoxy) is 1. The Labute approximate surface area is 86.5 Å². The molecular formula is C10H11N3O2. The van der Waals surface area contributed by atoms with E-state index < -0.39 is 0 Å². The molecule has 0 radical (unpaired) electrons. The number of nitrogen functional groups attached to an aromatic ring is 1. The van der Waals surface area contributed by atoms with Gasteiger partial charge in [0.15, 0.2) is 5.95 Å². The summed E-state index contributed by atoms with van der Waals surface area (Å²) in [5.41, 5.74) is 6.72. The van der Waals surface area contributed by atoms with E-state index >= 15 is 0 Å². The molecule has 0 amide bonds. The highest BCUT2D eigenvalue weighted by Gasteiger charge is 2.08. The number of benzene rings is 1. The van der Waals surface area contributed by atoms with Gasteiger partial charge in [-0.25, -0.2) is 4.98 Å². The van der Waals surface area contributed by atoms with Gasteiger partial charge in [0.2, 0.25) is 0 Å². The number of phenolic OH excluding ortho intramolecular Hbond substituents is 1. The van der Waals surface area contributed by atoms with Crippen LogP contribution in [0.2, 0.25) is 0 Å². The summed E-state index contributed by atoms with van der Waals surface area (Å²) in [5, 5.41) is 9.65. The summed E-state index contributed by atoms with van der Waals surface area (Å²) in [7, 11) is 1.57. The predicted molar refractivity (Wildman–Crippen MR) is 56.7 cm³/mol. The van der Waals surface area contributed by atoms with Crippen LogP contribution in [0, 0.1) is 0 Å². The highest BCUT2D eigenvalue weighted by Crippen LogP contribution is 2.31.